The zero-order chi connectivity index (χ0) is 14.9. The van der Waals surface area contributed by atoms with Gasteiger partial charge in [0.15, 0.2) is 0 Å². The van der Waals surface area contributed by atoms with E-state index in [0.717, 1.165) is 22.0 Å². The van der Waals surface area contributed by atoms with Crippen LogP contribution in [0.2, 0.25) is 5.02 Å². The number of rotatable bonds is 8. The molecule has 2 aromatic carbocycles. The standard InChI is InChI=1S/C17H20ClNO2/c1-2-20-11-12-21-17-6-4-3-5-14(17)13-19-16-9-7-15(18)8-10-16/h3-10,19H,2,11-13H2,1H3. The third kappa shape index (κ3) is 5.29. The maximum Gasteiger partial charge on any atom is 0.124 e. The molecule has 0 radical (unpaired) electrons. The van der Waals surface area contributed by atoms with Crippen LogP contribution in [0.15, 0.2) is 48.5 Å². The molecular weight excluding hydrogens is 286 g/mol. The first-order valence-electron chi connectivity index (χ1n) is 7.07. The molecule has 0 aliphatic heterocycles. The van der Waals surface area contributed by atoms with Crippen LogP contribution in [0.25, 0.3) is 0 Å². The minimum atomic E-state index is 0.561. The fourth-order valence-corrected chi connectivity index (χ4v) is 2.04. The van der Waals surface area contributed by atoms with Crippen molar-refractivity contribution in [3.05, 3.63) is 59.1 Å². The second kappa shape index (κ2) is 8.55. The van der Waals surface area contributed by atoms with Gasteiger partial charge in [-0.25, -0.2) is 0 Å². The van der Waals surface area contributed by atoms with Gasteiger partial charge in [-0.1, -0.05) is 29.8 Å². The molecule has 0 unspecified atom stereocenters. The van der Waals surface area contributed by atoms with Crippen molar-refractivity contribution in [2.45, 2.75) is 13.5 Å². The van der Waals surface area contributed by atoms with Crippen LogP contribution in [0.1, 0.15) is 12.5 Å². The molecule has 0 amide bonds. The summed E-state index contributed by atoms with van der Waals surface area (Å²) in [5.41, 5.74) is 2.15. The Kier molecular flexibility index (Phi) is 6.38. The lowest BCUT2D eigenvalue weighted by atomic mass is 10.2. The SMILES string of the molecule is CCOCCOc1ccccc1CNc1ccc(Cl)cc1. The minimum absolute atomic E-state index is 0.561. The van der Waals surface area contributed by atoms with Crippen molar-refractivity contribution >= 4 is 17.3 Å². The topological polar surface area (TPSA) is 30.5 Å². The van der Waals surface area contributed by atoms with Gasteiger partial charge in [0, 0.05) is 29.4 Å². The highest BCUT2D eigenvalue weighted by molar-refractivity contribution is 6.30. The molecule has 2 rings (SSSR count). The molecule has 112 valence electrons. The number of anilines is 1. The van der Waals surface area contributed by atoms with E-state index in [1.807, 2.05) is 49.4 Å². The van der Waals surface area contributed by atoms with Crippen LogP contribution in [-0.2, 0) is 11.3 Å². The summed E-state index contributed by atoms with van der Waals surface area (Å²) >= 11 is 5.88. The lowest BCUT2D eigenvalue weighted by Gasteiger charge is -2.13. The Bertz CT molecular complexity index is 543. The molecule has 0 saturated heterocycles. The summed E-state index contributed by atoms with van der Waals surface area (Å²) in [5, 5.41) is 4.10. The van der Waals surface area contributed by atoms with Gasteiger partial charge in [0.25, 0.3) is 0 Å². The maximum atomic E-state index is 5.88. The Hall–Kier alpha value is -1.71. The van der Waals surface area contributed by atoms with E-state index in [2.05, 4.69) is 11.4 Å². The zero-order valence-electron chi connectivity index (χ0n) is 12.1. The molecule has 0 aliphatic rings. The molecule has 0 bridgehead atoms. The van der Waals surface area contributed by atoms with Gasteiger partial charge in [0.2, 0.25) is 0 Å². The molecule has 0 aliphatic carbocycles. The molecular formula is C17H20ClNO2. The van der Waals surface area contributed by atoms with Crippen molar-refractivity contribution in [2.75, 3.05) is 25.1 Å². The molecule has 0 aromatic heterocycles. The molecule has 2 aromatic rings. The van der Waals surface area contributed by atoms with Crippen LogP contribution >= 0.6 is 11.6 Å². The molecule has 0 spiro atoms. The van der Waals surface area contributed by atoms with Crippen molar-refractivity contribution in [1.82, 2.24) is 0 Å². The fourth-order valence-electron chi connectivity index (χ4n) is 1.91. The van der Waals surface area contributed by atoms with E-state index in [1.165, 1.54) is 0 Å². The molecule has 21 heavy (non-hydrogen) atoms. The number of para-hydroxylation sites is 1. The number of ether oxygens (including phenoxy) is 2. The largest absolute Gasteiger partial charge is 0.491 e. The van der Waals surface area contributed by atoms with E-state index in [0.29, 0.717) is 26.4 Å². The van der Waals surface area contributed by atoms with Crippen LogP contribution in [0, 0.1) is 0 Å². The molecule has 1 N–H and O–H groups in total. The van der Waals surface area contributed by atoms with E-state index >= 15 is 0 Å². The van der Waals surface area contributed by atoms with Gasteiger partial charge in [-0.3, -0.25) is 0 Å². The monoisotopic (exact) mass is 305 g/mol. The van der Waals surface area contributed by atoms with Crippen molar-refractivity contribution in [2.24, 2.45) is 0 Å². The fraction of sp³-hybridized carbons (Fsp3) is 0.294. The summed E-state index contributed by atoms with van der Waals surface area (Å²) < 4.78 is 11.0. The quantitative estimate of drug-likeness (QED) is 0.735. The first kappa shape index (κ1) is 15.7. The molecule has 3 nitrogen and oxygen atoms in total. The highest BCUT2D eigenvalue weighted by Gasteiger charge is 2.03. The zero-order valence-corrected chi connectivity index (χ0v) is 12.9. The second-order valence-electron chi connectivity index (χ2n) is 4.51. The lowest BCUT2D eigenvalue weighted by Crippen LogP contribution is -2.09. The van der Waals surface area contributed by atoms with Gasteiger partial charge in [-0.2, -0.15) is 0 Å². The summed E-state index contributed by atoms with van der Waals surface area (Å²) in [7, 11) is 0. The molecule has 0 heterocycles. The van der Waals surface area contributed by atoms with Crippen LogP contribution in [0.4, 0.5) is 5.69 Å². The number of nitrogens with one attached hydrogen (secondary N) is 1. The van der Waals surface area contributed by atoms with E-state index in [9.17, 15) is 0 Å². The third-order valence-electron chi connectivity index (χ3n) is 2.99. The van der Waals surface area contributed by atoms with Crippen LogP contribution in [0.5, 0.6) is 5.75 Å². The van der Waals surface area contributed by atoms with Crippen LogP contribution in [-0.4, -0.2) is 19.8 Å². The molecule has 0 atom stereocenters. The predicted octanol–water partition coefficient (Wildman–Crippen LogP) is 4.37. The predicted molar refractivity (Wildman–Crippen MR) is 87.2 cm³/mol. The highest BCUT2D eigenvalue weighted by atomic mass is 35.5. The number of hydrogen-bond acceptors (Lipinski definition) is 3. The van der Waals surface area contributed by atoms with Crippen molar-refractivity contribution in [3.63, 3.8) is 0 Å². The number of benzene rings is 2. The second-order valence-corrected chi connectivity index (χ2v) is 4.95. The third-order valence-corrected chi connectivity index (χ3v) is 3.24. The summed E-state index contributed by atoms with van der Waals surface area (Å²) in [6, 6.07) is 15.7. The maximum absolute atomic E-state index is 5.88. The van der Waals surface area contributed by atoms with Gasteiger partial charge < -0.3 is 14.8 Å². The van der Waals surface area contributed by atoms with Gasteiger partial charge in [0.1, 0.15) is 12.4 Å². The molecule has 0 fully saturated rings. The molecule has 0 saturated carbocycles. The number of halogens is 1. The first-order chi connectivity index (χ1) is 10.3. The first-order valence-corrected chi connectivity index (χ1v) is 7.45. The van der Waals surface area contributed by atoms with E-state index < -0.39 is 0 Å². The Morgan fingerprint density at radius 3 is 2.52 bits per heavy atom. The van der Waals surface area contributed by atoms with E-state index in [4.69, 9.17) is 21.1 Å². The normalized spacial score (nSPS) is 10.4. The summed E-state index contributed by atoms with van der Waals surface area (Å²) in [6.45, 7) is 4.56. The minimum Gasteiger partial charge on any atom is -0.491 e. The van der Waals surface area contributed by atoms with Crippen molar-refractivity contribution in [1.29, 1.82) is 0 Å². The lowest BCUT2D eigenvalue weighted by molar-refractivity contribution is 0.110. The van der Waals surface area contributed by atoms with Crippen molar-refractivity contribution in [3.8, 4) is 5.75 Å². The average molecular weight is 306 g/mol. The average Bonchev–Trinajstić information content (AvgIpc) is 2.52. The summed E-state index contributed by atoms with van der Waals surface area (Å²) in [4.78, 5) is 0. The van der Waals surface area contributed by atoms with Crippen molar-refractivity contribution < 1.29 is 9.47 Å². The summed E-state index contributed by atoms with van der Waals surface area (Å²) in [6.07, 6.45) is 0. The Morgan fingerprint density at radius 1 is 1.00 bits per heavy atom. The highest BCUT2D eigenvalue weighted by Crippen LogP contribution is 2.20. The Morgan fingerprint density at radius 2 is 1.76 bits per heavy atom. The van der Waals surface area contributed by atoms with E-state index in [1.54, 1.807) is 0 Å². The van der Waals surface area contributed by atoms with Crippen LogP contribution < -0.4 is 10.1 Å². The van der Waals surface area contributed by atoms with E-state index in [-0.39, 0.29) is 0 Å². The Labute approximate surface area is 130 Å². The van der Waals surface area contributed by atoms with Gasteiger partial charge in [-0.05, 0) is 37.3 Å². The smallest absolute Gasteiger partial charge is 0.124 e. The van der Waals surface area contributed by atoms with Crippen LogP contribution in [0.3, 0.4) is 0 Å². The summed E-state index contributed by atoms with van der Waals surface area (Å²) in [5.74, 6) is 0.888. The molecule has 4 heteroatoms. The van der Waals surface area contributed by atoms with Gasteiger partial charge in [0.05, 0.1) is 6.61 Å². The Balaban J connectivity index is 1.91. The van der Waals surface area contributed by atoms with Gasteiger partial charge >= 0.3 is 0 Å². The number of hydrogen-bond donors (Lipinski definition) is 1. The van der Waals surface area contributed by atoms with Gasteiger partial charge in [-0.15, -0.1) is 0 Å².